The van der Waals surface area contributed by atoms with Crippen LogP contribution in [0.5, 0.6) is 5.75 Å². The summed E-state index contributed by atoms with van der Waals surface area (Å²) in [6.45, 7) is 2.03. The van der Waals surface area contributed by atoms with Gasteiger partial charge in [0.15, 0.2) is 0 Å². The molecule has 1 aromatic heterocycles. The van der Waals surface area contributed by atoms with Crippen molar-refractivity contribution in [3.8, 4) is 5.75 Å². The molecule has 0 spiro atoms. The molecule has 0 bridgehead atoms. The van der Waals surface area contributed by atoms with Gasteiger partial charge in [-0.1, -0.05) is 25.5 Å². The van der Waals surface area contributed by atoms with E-state index in [1.807, 2.05) is 6.92 Å². The molecule has 5 heteroatoms. The number of ether oxygens (including phenoxy) is 1. The SMILES string of the molecule is CCCc1cc(=O)oc2cc(OC(=O)/C=C/c3cccc(F)c3)ccc12. The Morgan fingerprint density at radius 2 is 2.04 bits per heavy atom. The molecule has 0 atom stereocenters. The number of aryl methyl sites for hydroxylation is 1. The first-order chi connectivity index (χ1) is 12.5. The van der Waals surface area contributed by atoms with E-state index in [1.54, 1.807) is 24.3 Å². The predicted octanol–water partition coefficient (Wildman–Crippen LogP) is 4.50. The van der Waals surface area contributed by atoms with Crippen molar-refractivity contribution in [3.63, 3.8) is 0 Å². The zero-order valence-electron chi connectivity index (χ0n) is 14.2. The minimum absolute atomic E-state index is 0.267. The molecule has 1 heterocycles. The summed E-state index contributed by atoms with van der Waals surface area (Å²) in [5, 5.41) is 0.821. The van der Waals surface area contributed by atoms with Gasteiger partial charge in [-0.05, 0) is 47.9 Å². The average molecular weight is 352 g/mol. The molecule has 0 aliphatic heterocycles. The molecule has 0 saturated carbocycles. The van der Waals surface area contributed by atoms with Gasteiger partial charge in [0.25, 0.3) is 0 Å². The van der Waals surface area contributed by atoms with Crippen molar-refractivity contribution in [1.29, 1.82) is 0 Å². The molecule has 0 aliphatic rings. The van der Waals surface area contributed by atoms with Gasteiger partial charge >= 0.3 is 11.6 Å². The number of halogens is 1. The van der Waals surface area contributed by atoms with Crippen molar-refractivity contribution in [2.24, 2.45) is 0 Å². The third kappa shape index (κ3) is 4.25. The number of carbonyl (C=O) groups is 1. The van der Waals surface area contributed by atoms with Gasteiger partial charge in [-0.25, -0.2) is 14.0 Å². The smallest absolute Gasteiger partial charge is 0.336 e. The molecular weight excluding hydrogens is 335 g/mol. The van der Waals surface area contributed by atoms with Crippen LogP contribution in [-0.2, 0) is 11.2 Å². The molecule has 0 radical (unpaired) electrons. The molecule has 3 aromatic rings. The van der Waals surface area contributed by atoms with Crippen LogP contribution in [-0.4, -0.2) is 5.97 Å². The van der Waals surface area contributed by atoms with Crippen LogP contribution in [0, 0.1) is 5.82 Å². The summed E-state index contributed by atoms with van der Waals surface area (Å²) < 4.78 is 23.6. The van der Waals surface area contributed by atoms with Crippen molar-refractivity contribution in [2.75, 3.05) is 0 Å². The van der Waals surface area contributed by atoms with Crippen LogP contribution in [0.3, 0.4) is 0 Å². The van der Waals surface area contributed by atoms with Gasteiger partial charge in [-0.15, -0.1) is 0 Å². The van der Waals surface area contributed by atoms with Crippen LogP contribution < -0.4 is 10.4 Å². The van der Waals surface area contributed by atoms with Crippen molar-refractivity contribution in [2.45, 2.75) is 19.8 Å². The topological polar surface area (TPSA) is 56.5 Å². The fourth-order valence-corrected chi connectivity index (χ4v) is 2.67. The molecule has 0 fully saturated rings. The Kier molecular flexibility index (Phi) is 5.27. The van der Waals surface area contributed by atoms with Crippen LogP contribution in [0.25, 0.3) is 17.0 Å². The normalized spacial score (nSPS) is 11.2. The number of esters is 1. The molecule has 26 heavy (non-hydrogen) atoms. The third-order valence-corrected chi connectivity index (χ3v) is 3.80. The fourth-order valence-electron chi connectivity index (χ4n) is 2.67. The predicted molar refractivity (Wildman–Crippen MR) is 97.5 cm³/mol. The Morgan fingerprint density at radius 3 is 2.81 bits per heavy atom. The minimum Gasteiger partial charge on any atom is -0.423 e. The van der Waals surface area contributed by atoms with E-state index < -0.39 is 11.6 Å². The second-order valence-corrected chi connectivity index (χ2v) is 5.81. The molecule has 4 nitrogen and oxygen atoms in total. The maximum atomic E-state index is 13.1. The quantitative estimate of drug-likeness (QED) is 0.294. The Hall–Kier alpha value is -3.21. The maximum absolute atomic E-state index is 13.1. The van der Waals surface area contributed by atoms with Crippen molar-refractivity contribution < 1.29 is 18.3 Å². The largest absolute Gasteiger partial charge is 0.423 e. The first-order valence-electron chi connectivity index (χ1n) is 8.27. The highest BCUT2D eigenvalue weighted by Gasteiger charge is 2.08. The average Bonchev–Trinajstić information content (AvgIpc) is 2.60. The van der Waals surface area contributed by atoms with Gasteiger partial charge < -0.3 is 9.15 Å². The number of carbonyl (C=O) groups excluding carboxylic acids is 1. The lowest BCUT2D eigenvalue weighted by Gasteiger charge is -2.06. The van der Waals surface area contributed by atoms with E-state index in [-0.39, 0.29) is 11.6 Å². The molecule has 3 rings (SSSR count). The summed E-state index contributed by atoms with van der Waals surface area (Å²) in [5.41, 5.74) is 1.40. The van der Waals surface area contributed by atoms with E-state index in [4.69, 9.17) is 9.15 Å². The fraction of sp³-hybridized carbons (Fsp3) is 0.143. The summed E-state index contributed by atoms with van der Waals surface area (Å²) in [7, 11) is 0. The lowest BCUT2D eigenvalue weighted by Crippen LogP contribution is -2.04. The second-order valence-electron chi connectivity index (χ2n) is 5.81. The number of hydrogen-bond donors (Lipinski definition) is 0. The molecule has 0 N–H and O–H groups in total. The lowest BCUT2D eigenvalue weighted by molar-refractivity contribution is -0.128. The van der Waals surface area contributed by atoms with Crippen LogP contribution in [0.15, 0.2) is 63.8 Å². The summed E-state index contributed by atoms with van der Waals surface area (Å²) in [4.78, 5) is 23.6. The zero-order chi connectivity index (χ0) is 18.5. The monoisotopic (exact) mass is 352 g/mol. The van der Waals surface area contributed by atoms with Gasteiger partial charge in [0, 0.05) is 23.6 Å². The molecule has 0 unspecified atom stereocenters. The summed E-state index contributed by atoms with van der Waals surface area (Å²) in [5.74, 6) is -0.725. The van der Waals surface area contributed by atoms with E-state index in [2.05, 4.69) is 0 Å². The highest BCUT2D eigenvalue weighted by atomic mass is 19.1. The summed E-state index contributed by atoms with van der Waals surface area (Å²) in [6, 6.07) is 12.3. The Labute approximate surface area is 149 Å². The van der Waals surface area contributed by atoms with E-state index in [9.17, 15) is 14.0 Å². The van der Waals surface area contributed by atoms with E-state index in [0.29, 0.717) is 11.1 Å². The molecule has 0 saturated heterocycles. The van der Waals surface area contributed by atoms with Crippen molar-refractivity contribution in [3.05, 3.63) is 82.0 Å². The molecular formula is C21H17FO4. The van der Waals surface area contributed by atoms with E-state index in [0.717, 1.165) is 23.8 Å². The third-order valence-electron chi connectivity index (χ3n) is 3.80. The van der Waals surface area contributed by atoms with Crippen LogP contribution >= 0.6 is 0 Å². The van der Waals surface area contributed by atoms with Crippen molar-refractivity contribution in [1.82, 2.24) is 0 Å². The highest BCUT2D eigenvalue weighted by Crippen LogP contribution is 2.23. The standard InChI is InChI=1S/C21H17FO4/c1-2-4-15-12-21(24)26-19-13-17(8-9-18(15)19)25-20(23)10-7-14-5-3-6-16(22)11-14/h3,5-13H,2,4H2,1H3/b10-7+. The first kappa shape index (κ1) is 17.6. The van der Waals surface area contributed by atoms with Crippen LogP contribution in [0.2, 0.25) is 0 Å². The Bertz CT molecular complexity index is 1030. The number of hydrogen-bond acceptors (Lipinski definition) is 4. The van der Waals surface area contributed by atoms with Gasteiger partial charge in [0.2, 0.25) is 0 Å². The van der Waals surface area contributed by atoms with E-state index >= 15 is 0 Å². The minimum atomic E-state index is -0.610. The number of benzene rings is 2. The summed E-state index contributed by atoms with van der Waals surface area (Å²) >= 11 is 0. The summed E-state index contributed by atoms with van der Waals surface area (Å²) in [6.07, 6.45) is 4.34. The van der Waals surface area contributed by atoms with Gasteiger partial charge in [-0.3, -0.25) is 0 Å². The Morgan fingerprint density at radius 1 is 1.19 bits per heavy atom. The number of fused-ring (bicyclic) bond motifs is 1. The maximum Gasteiger partial charge on any atom is 0.336 e. The second kappa shape index (κ2) is 7.78. The zero-order valence-corrected chi connectivity index (χ0v) is 14.2. The highest BCUT2D eigenvalue weighted by molar-refractivity contribution is 5.89. The van der Waals surface area contributed by atoms with Gasteiger partial charge in [0.05, 0.1) is 0 Å². The first-order valence-corrected chi connectivity index (χ1v) is 8.27. The molecule has 0 amide bonds. The molecule has 2 aromatic carbocycles. The van der Waals surface area contributed by atoms with Crippen molar-refractivity contribution >= 4 is 23.0 Å². The van der Waals surface area contributed by atoms with Crippen LogP contribution in [0.1, 0.15) is 24.5 Å². The molecule has 132 valence electrons. The van der Waals surface area contributed by atoms with Gasteiger partial charge in [-0.2, -0.15) is 0 Å². The Balaban J connectivity index is 1.80. The van der Waals surface area contributed by atoms with Gasteiger partial charge in [0.1, 0.15) is 17.1 Å². The number of rotatable bonds is 5. The molecule has 0 aliphatic carbocycles. The lowest BCUT2D eigenvalue weighted by atomic mass is 10.1. The van der Waals surface area contributed by atoms with E-state index in [1.165, 1.54) is 36.4 Å². The van der Waals surface area contributed by atoms with Crippen LogP contribution in [0.4, 0.5) is 4.39 Å².